The number of hydrogen-bond acceptors (Lipinski definition) is 5. The van der Waals surface area contributed by atoms with Crippen molar-refractivity contribution in [2.75, 3.05) is 16.0 Å². The summed E-state index contributed by atoms with van der Waals surface area (Å²) in [5.74, 6) is 0.708. The smallest absolute Gasteiger partial charge is 0.225 e. The highest BCUT2D eigenvalue weighted by atomic mass is 19.1. The molecule has 7 heteroatoms. The Morgan fingerprint density at radius 1 is 1.04 bits per heavy atom. The van der Waals surface area contributed by atoms with Crippen molar-refractivity contribution >= 4 is 29.0 Å². The molecule has 138 valence electrons. The van der Waals surface area contributed by atoms with Crippen molar-refractivity contribution in [2.24, 2.45) is 0 Å². The number of nitrogens with one attached hydrogen (secondary N) is 3. The Labute approximate surface area is 156 Å². The largest absolute Gasteiger partial charge is 0.350 e. The van der Waals surface area contributed by atoms with E-state index in [1.54, 1.807) is 12.1 Å². The molecule has 3 aromatic rings. The molecule has 0 fully saturated rings. The van der Waals surface area contributed by atoms with Gasteiger partial charge in [0.15, 0.2) is 0 Å². The molecule has 1 aromatic heterocycles. The van der Waals surface area contributed by atoms with E-state index in [0.717, 1.165) is 16.9 Å². The van der Waals surface area contributed by atoms with E-state index >= 15 is 0 Å². The monoisotopic (exact) mass is 365 g/mol. The molecule has 0 unspecified atom stereocenters. The van der Waals surface area contributed by atoms with Crippen molar-refractivity contribution in [1.29, 1.82) is 0 Å². The predicted molar refractivity (Wildman–Crippen MR) is 105 cm³/mol. The summed E-state index contributed by atoms with van der Waals surface area (Å²) in [5.41, 5.74) is 3.22. The molecular formula is C20H20FN5O. The van der Waals surface area contributed by atoms with Gasteiger partial charge in [-0.2, -0.15) is 4.98 Å². The van der Waals surface area contributed by atoms with Crippen molar-refractivity contribution in [2.45, 2.75) is 20.4 Å². The number of anilines is 4. The SMILES string of the molecule is CC(=O)Nc1cccc(Nc2cc(C)nc(NCc3ccc(F)cc3)n2)c1. The number of carbonyl (C=O) groups is 1. The van der Waals surface area contributed by atoms with Crippen LogP contribution in [0.15, 0.2) is 54.6 Å². The molecule has 0 aliphatic carbocycles. The minimum atomic E-state index is -0.265. The summed E-state index contributed by atoms with van der Waals surface area (Å²) in [6.45, 7) is 3.83. The third kappa shape index (κ3) is 5.50. The van der Waals surface area contributed by atoms with Gasteiger partial charge in [0.05, 0.1) is 0 Å². The molecule has 1 amide bonds. The number of rotatable bonds is 6. The lowest BCUT2D eigenvalue weighted by atomic mass is 10.2. The average Bonchev–Trinajstić information content (AvgIpc) is 2.60. The van der Waals surface area contributed by atoms with Gasteiger partial charge in [-0.1, -0.05) is 18.2 Å². The van der Waals surface area contributed by atoms with E-state index in [2.05, 4.69) is 25.9 Å². The van der Waals surface area contributed by atoms with Crippen molar-refractivity contribution < 1.29 is 9.18 Å². The molecule has 0 aliphatic rings. The van der Waals surface area contributed by atoms with Crippen molar-refractivity contribution in [3.05, 3.63) is 71.7 Å². The van der Waals surface area contributed by atoms with Crippen LogP contribution in [-0.4, -0.2) is 15.9 Å². The van der Waals surface area contributed by atoms with E-state index in [1.165, 1.54) is 19.1 Å². The molecule has 0 bridgehead atoms. The number of amides is 1. The Kier molecular flexibility index (Phi) is 5.61. The molecule has 27 heavy (non-hydrogen) atoms. The summed E-state index contributed by atoms with van der Waals surface area (Å²) >= 11 is 0. The number of benzene rings is 2. The molecule has 0 aliphatic heterocycles. The fourth-order valence-corrected chi connectivity index (χ4v) is 2.52. The zero-order chi connectivity index (χ0) is 19.2. The summed E-state index contributed by atoms with van der Waals surface area (Å²) in [6.07, 6.45) is 0. The highest BCUT2D eigenvalue weighted by Gasteiger charge is 2.04. The fourth-order valence-electron chi connectivity index (χ4n) is 2.52. The van der Waals surface area contributed by atoms with E-state index in [4.69, 9.17) is 0 Å². The van der Waals surface area contributed by atoms with Gasteiger partial charge in [-0.05, 0) is 42.8 Å². The third-order valence-electron chi connectivity index (χ3n) is 3.67. The van der Waals surface area contributed by atoms with Gasteiger partial charge in [0.2, 0.25) is 11.9 Å². The van der Waals surface area contributed by atoms with Crippen LogP contribution in [-0.2, 0) is 11.3 Å². The van der Waals surface area contributed by atoms with Gasteiger partial charge >= 0.3 is 0 Å². The molecule has 6 nitrogen and oxygen atoms in total. The molecule has 0 saturated carbocycles. The Balaban J connectivity index is 1.71. The Bertz CT molecular complexity index is 943. The van der Waals surface area contributed by atoms with Crippen molar-refractivity contribution in [3.8, 4) is 0 Å². The van der Waals surface area contributed by atoms with E-state index in [-0.39, 0.29) is 11.7 Å². The molecule has 0 spiro atoms. The second kappa shape index (κ2) is 8.27. The number of aromatic nitrogens is 2. The summed E-state index contributed by atoms with van der Waals surface area (Å²) in [6, 6.07) is 15.5. The number of carbonyl (C=O) groups excluding carboxylic acids is 1. The summed E-state index contributed by atoms with van der Waals surface area (Å²) in [7, 11) is 0. The molecule has 3 N–H and O–H groups in total. The minimum absolute atomic E-state index is 0.127. The first-order chi connectivity index (χ1) is 13.0. The van der Waals surface area contributed by atoms with Crippen LogP contribution >= 0.6 is 0 Å². The maximum atomic E-state index is 13.0. The molecule has 0 saturated heterocycles. The summed E-state index contributed by atoms with van der Waals surface area (Å²) in [4.78, 5) is 20.0. The molecule has 0 atom stereocenters. The Morgan fingerprint density at radius 3 is 2.52 bits per heavy atom. The lowest BCUT2D eigenvalue weighted by molar-refractivity contribution is -0.114. The molecule has 0 radical (unpaired) electrons. The molecule has 3 rings (SSSR count). The number of hydrogen-bond donors (Lipinski definition) is 3. The topological polar surface area (TPSA) is 78.9 Å². The standard InChI is InChI=1S/C20H20FN5O/c1-13-10-19(25-18-5-3-4-17(11-18)24-14(2)27)26-20(23-13)22-12-15-6-8-16(21)9-7-15/h3-11H,12H2,1-2H3,(H,24,27)(H2,22,23,25,26). The molecular weight excluding hydrogens is 345 g/mol. The first-order valence-corrected chi connectivity index (χ1v) is 8.46. The average molecular weight is 365 g/mol. The number of nitrogens with zero attached hydrogens (tertiary/aromatic N) is 2. The number of aryl methyl sites for hydroxylation is 1. The van der Waals surface area contributed by atoms with E-state index < -0.39 is 0 Å². The zero-order valence-electron chi connectivity index (χ0n) is 15.1. The Hall–Kier alpha value is -3.48. The minimum Gasteiger partial charge on any atom is -0.350 e. The molecule has 2 aromatic carbocycles. The van der Waals surface area contributed by atoms with Crippen LogP contribution in [0.1, 0.15) is 18.2 Å². The normalized spacial score (nSPS) is 10.3. The maximum absolute atomic E-state index is 13.0. The van der Waals surface area contributed by atoms with Crippen LogP contribution in [0.25, 0.3) is 0 Å². The van der Waals surface area contributed by atoms with E-state index in [9.17, 15) is 9.18 Å². The fraction of sp³-hybridized carbons (Fsp3) is 0.150. The van der Waals surface area contributed by atoms with Gasteiger partial charge in [-0.3, -0.25) is 4.79 Å². The van der Waals surface area contributed by atoms with Crippen LogP contribution in [0, 0.1) is 12.7 Å². The lowest BCUT2D eigenvalue weighted by Crippen LogP contribution is -2.07. The van der Waals surface area contributed by atoms with Crippen LogP contribution in [0.2, 0.25) is 0 Å². The van der Waals surface area contributed by atoms with Gasteiger partial charge in [-0.25, -0.2) is 9.37 Å². The van der Waals surface area contributed by atoms with E-state index in [1.807, 2.05) is 37.3 Å². The van der Waals surface area contributed by atoms with Crippen LogP contribution in [0.5, 0.6) is 0 Å². The van der Waals surface area contributed by atoms with Crippen molar-refractivity contribution in [3.63, 3.8) is 0 Å². The van der Waals surface area contributed by atoms with Gasteiger partial charge in [-0.15, -0.1) is 0 Å². The van der Waals surface area contributed by atoms with Crippen LogP contribution in [0.4, 0.5) is 27.5 Å². The van der Waals surface area contributed by atoms with Crippen molar-refractivity contribution in [1.82, 2.24) is 9.97 Å². The first kappa shape index (κ1) is 18.3. The second-order valence-electron chi connectivity index (χ2n) is 6.09. The molecule has 1 heterocycles. The highest BCUT2D eigenvalue weighted by molar-refractivity contribution is 5.89. The van der Waals surface area contributed by atoms with E-state index in [0.29, 0.717) is 24.0 Å². The first-order valence-electron chi connectivity index (χ1n) is 8.46. The Morgan fingerprint density at radius 2 is 1.78 bits per heavy atom. The van der Waals surface area contributed by atoms with Gasteiger partial charge in [0.1, 0.15) is 11.6 Å². The lowest BCUT2D eigenvalue weighted by Gasteiger charge is -2.11. The third-order valence-corrected chi connectivity index (χ3v) is 3.67. The maximum Gasteiger partial charge on any atom is 0.225 e. The van der Waals surface area contributed by atoms with Gasteiger partial charge in [0, 0.05) is 36.6 Å². The van der Waals surface area contributed by atoms with Gasteiger partial charge < -0.3 is 16.0 Å². The zero-order valence-corrected chi connectivity index (χ0v) is 15.1. The second-order valence-corrected chi connectivity index (χ2v) is 6.09. The van der Waals surface area contributed by atoms with Crippen LogP contribution < -0.4 is 16.0 Å². The highest BCUT2D eigenvalue weighted by Crippen LogP contribution is 2.20. The summed E-state index contributed by atoms with van der Waals surface area (Å²) in [5, 5.41) is 9.10. The predicted octanol–water partition coefficient (Wildman–Crippen LogP) is 4.24. The van der Waals surface area contributed by atoms with Gasteiger partial charge in [0.25, 0.3) is 0 Å². The number of halogens is 1. The summed E-state index contributed by atoms with van der Waals surface area (Å²) < 4.78 is 13.0. The van der Waals surface area contributed by atoms with Crippen LogP contribution in [0.3, 0.4) is 0 Å². The quantitative estimate of drug-likeness (QED) is 0.609.